The highest BCUT2D eigenvalue weighted by Crippen LogP contribution is 2.22. The minimum Gasteiger partial charge on any atom is -0.394 e. The van der Waals surface area contributed by atoms with Crippen LogP contribution in [-0.4, -0.2) is 52.7 Å². The van der Waals surface area contributed by atoms with Crippen LogP contribution >= 0.6 is 0 Å². The number of aliphatic hydroxyl groups excluding tert-OH is 1. The first-order chi connectivity index (χ1) is 5.88. The number of likely N-dealkylation sites (N-methyl/N-ethyl adjacent to an activating group) is 1. The second-order valence-corrected chi connectivity index (χ2v) is 4.51. The second kappa shape index (κ2) is 3.18. The molecule has 1 aliphatic rings. The van der Waals surface area contributed by atoms with E-state index in [0.29, 0.717) is 6.54 Å². The molecule has 4 nitrogen and oxygen atoms in total. The van der Waals surface area contributed by atoms with Crippen LogP contribution in [0.4, 0.5) is 4.79 Å². The maximum atomic E-state index is 11.7. The van der Waals surface area contributed by atoms with Gasteiger partial charge in [-0.05, 0) is 20.8 Å². The van der Waals surface area contributed by atoms with Gasteiger partial charge in [-0.2, -0.15) is 0 Å². The first-order valence-corrected chi connectivity index (χ1v) is 4.53. The number of urea groups is 1. The molecular formula is C9H18N2O2. The lowest BCUT2D eigenvalue weighted by molar-refractivity contribution is 0.159. The van der Waals surface area contributed by atoms with Crippen molar-refractivity contribution >= 4 is 6.03 Å². The molecule has 0 aromatic carbocycles. The Hall–Kier alpha value is -0.770. The van der Waals surface area contributed by atoms with Crippen molar-refractivity contribution in [1.29, 1.82) is 0 Å². The van der Waals surface area contributed by atoms with Gasteiger partial charge in [-0.25, -0.2) is 4.79 Å². The Morgan fingerprint density at radius 3 is 2.31 bits per heavy atom. The van der Waals surface area contributed by atoms with Crippen molar-refractivity contribution < 1.29 is 9.90 Å². The predicted molar refractivity (Wildman–Crippen MR) is 50.5 cm³/mol. The summed E-state index contributed by atoms with van der Waals surface area (Å²) in [4.78, 5) is 15.1. The molecule has 0 spiro atoms. The molecular weight excluding hydrogens is 168 g/mol. The van der Waals surface area contributed by atoms with E-state index in [0.717, 1.165) is 0 Å². The van der Waals surface area contributed by atoms with Gasteiger partial charge in [-0.15, -0.1) is 0 Å². The van der Waals surface area contributed by atoms with E-state index >= 15 is 0 Å². The summed E-state index contributed by atoms with van der Waals surface area (Å²) in [5.41, 5.74) is -0.157. The Morgan fingerprint density at radius 1 is 1.54 bits per heavy atom. The maximum absolute atomic E-state index is 11.7. The molecule has 0 aromatic heterocycles. The standard InChI is InChI=1S/C9H18N2O2/c1-9(2,3)11-5-7(6-12)10(4)8(11)13/h7,12H,5-6H2,1-4H3. The molecule has 1 atom stereocenters. The van der Waals surface area contributed by atoms with Crippen molar-refractivity contribution in [1.82, 2.24) is 9.80 Å². The summed E-state index contributed by atoms with van der Waals surface area (Å²) in [5, 5.41) is 9.02. The van der Waals surface area contributed by atoms with E-state index in [4.69, 9.17) is 5.11 Å². The van der Waals surface area contributed by atoms with Gasteiger partial charge >= 0.3 is 6.03 Å². The van der Waals surface area contributed by atoms with Crippen LogP contribution in [0.15, 0.2) is 0 Å². The molecule has 2 amide bonds. The number of nitrogens with zero attached hydrogens (tertiary/aromatic N) is 2. The van der Waals surface area contributed by atoms with Crippen molar-refractivity contribution in [3.05, 3.63) is 0 Å². The van der Waals surface area contributed by atoms with E-state index < -0.39 is 0 Å². The first kappa shape index (κ1) is 10.3. The Morgan fingerprint density at radius 2 is 2.08 bits per heavy atom. The number of hydrogen-bond donors (Lipinski definition) is 1. The summed E-state index contributed by atoms with van der Waals surface area (Å²) in [6.07, 6.45) is 0. The van der Waals surface area contributed by atoms with Crippen LogP contribution < -0.4 is 0 Å². The molecule has 1 N–H and O–H groups in total. The van der Waals surface area contributed by atoms with Gasteiger partial charge < -0.3 is 14.9 Å². The third kappa shape index (κ3) is 1.77. The van der Waals surface area contributed by atoms with Crippen molar-refractivity contribution in [3.8, 4) is 0 Å². The zero-order valence-corrected chi connectivity index (χ0v) is 8.74. The Balaban J connectivity index is 2.78. The van der Waals surface area contributed by atoms with Gasteiger partial charge in [0.05, 0.1) is 12.6 Å². The molecule has 1 heterocycles. The van der Waals surface area contributed by atoms with E-state index in [9.17, 15) is 4.79 Å². The average molecular weight is 186 g/mol. The van der Waals surface area contributed by atoms with Gasteiger partial charge in [0.1, 0.15) is 0 Å². The number of rotatable bonds is 1. The number of aliphatic hydroxyl groups is 1. The molecule has 0 radical (unpaired) electrons. The van der Waals surface area contributed by atoms with Gasteiger partial charge in [-0.1, -0.05) is 0 Å². The van der Waals surface area contributed by atoms with E-state index in [1.54, 1.807) is 16.8 Å². The highest BCUT2D eigenvalue weighted by atomic mass is 16.3. The van der Waals surface area contributed by atoms with Crippen LogP contribution in [0.1, 0.15) is 20.8 Å². The van der Waals surface area contributed by atoms with Crippen LogP contribution in [0.2, 0.25) is 0 Å². The van der Waals surface area contributed by atoms with Crippen molar-refractivity contribution in [2.24, 2.45) is 0 Å². The predicted octanol–water partition coefficient (Wildman–Crippen LogP) is 0.513. The van der Waals surface area contributed by atoms with Crippen LogP contribution in [0.5, 0.6) is 0 Å². The molecule has 76 valence electrons. The molecule has 1 fully saturated rings. The van der Waals surface area contributed by atoms with Gasteiger partial charge in [0.25, 0.3) is 0 Å². The van der Waals surface area contributed by atoms with E-state index in [2.05, 4.69) is 0 Å². The molecule has 1 saturated heterocycles. The largest absolute Gasteiger partial charge is 0.394 e. The lowest BCUT2D eigenvalue weighted by atomic mass is 10.1. The Labute approximate surface area is 79.1 Å². The van der Waals surface area contributed by atoms with Crippen LogP contribution in [0.25, 0.3) is 0 Å². The molecule has 0 aliphatic carbocycles. The fraction of sp³-hybridized carbons (Fsp3) is 0.889. The number of carbonyl (C=O) groups is 1. The zero-order chi connectivity index (χ0) is 10.2. The molecule has 4 heteroatoms. The smallest absolute Gasteiger partial charge is 0.320 e. The van der Waals surface area contributed by atoms with Gasteiger partial charge in [0.2, 0.25) is 0 Å². The fourth-order valence-corrected chi connectivity index (χ4v) is 1.50. The minimum absolute atomic E-state index is 0.00606. The molecule has 0 aromatic rings. The molecule has 13 heavy (non-hydrogen) atoms. The summed E-state index contributed by atoms with van der Waals surface area (Å²) in [6.45, 7) is 6.65. The normalized spacial score (nSPS) is 24.4. The molecule has 1 unspecified atom stereocenters. The summed E-state index contributed by atoms with van der Waals surface area (Å²) in [6, 6.07) is -0.0433. The molecule has 1 aliphatic heterocycles. The highest BCUT2D eigenvalue weighted by molar-refractivity contribution is 5.77. The summed E-state index contributed by atoms with van der Waals surface area (Å²) in [7, 11) is 1.73. The molecule has 0 saturated carbocycles. The zero-order valence-electron chi connectivity index (χ0n) is 8.74. The number of hydrogen-bond acceptors (Lipinski definition) is 2. The maximum Gasteiger partial charge on any atom is 0.320 e. The monoisotopic (exact) mass is 186 g/mol. The van der Waals surface area contributed by atoms with Crippen LogP contribution in [-0.2, 0) is 0 Å². The summed E-state index contributed by atoms with van der Waals surface area (Å²) < 4.78 is 0. The van der Waals surface area contributed by atoms with E-state index in [1.165, 1.54) is 0 Å². The SMILES string of the molecule is CN1C(=O)N(C(C)(C)C)CC1CO. The lowest BCUT2D eigenvalue weighted by Crippen LogP contribution is -2.43. The quantitative estimate of drug-likeness (QED) is 0.648. The Bertz CT molecular complexity index is 210. The van der Waals surface area contributed by atoms with Crippen LogP contribution in [0.3, 0.4) is 0 Å². The highest BCUT2D eigenvalue weighted by Gasteiger charge is 2.39. The number of amides is 2. The third-order valence-electron chi connectivity index (χ3n) is 2.49. The van der Waals surface area contributed by atoms with Crippen LogP contribution in [0, 0.1) is 0 Å². The van der Waals surface area contributed by atoms with Gasteiger partial charge in [0.15, 0.2) is 0 Å². The van der Waals surface area contributed by atoms with Crippen molar-refractivity contribution in [3.63, 3.8) is 0 Å². The minimum atomic E-state index is -0.157. The topological polar surface area (TPSA) is 43.8 Å². The molecule has 0 bridgehead atoms. The average Bonchev–Trinajstić information content (AvgIpc) is 2.28. The summed E-state index contributed by atoms with van der Waals surface area (Å²) >= 11 is 0. The van der Waals surface area contributed by atoms with Gasteiger partial charge in [0, 0.05) is 19.1 Å². The number of carbonyl (C=O) groups excluding carboxylic acids is 1. The molecule has 1 rings (SSSR count). The first-order valence-electron chi connectivity index (χ1n) is 4.53. The Kier molecular flexibility index (Phi) is 2.52. The third-order valence-corrected chi connectivity index (χ3v) is 2.49. The summed E-state index contributed by atoms with van der Waals surface area (Å²) in [5.74, 6) is 0. The van der Waals surface area contributed by atoms with Gasteiger partial charge in [-0.3, -0.25) is 0 Å². The lowest BCUT2D eigenvalue weighted by Gasteiger charge is -2.30. The van der Waals surface area contributed by atoms with Crippen molar-refractivity contribution in [2.45, 2.75) is 32.4 Å². The van der Waals surface area contributed by atoms with E-state index in [1.807, 2.05) is 20.8 Å². The van der Waals surface area contributed by atoms with Crippen molar-refractivity contribution in [2.75, 3.05) is 20.2 Å². The second-order valence-electron chi connectivity index (χ2n) is 4.51. The van der Waals surface area contributed by atoms with E-state index in [-0.39, 0.29) is 24.2 Å². The fourth-order valence-electron chi connectivity index (χ4n) is 1.50.